The summed E-state index contributed by atoms with van der Waals surface area (Å²) in [6, 6.07) is 9.22. The fraction of sp³-hybridized carbons (Fsp3) is 0.333. The second-order valence-corrected chi connectivity index (χ2v) is 6.89. The van der Waals surface area contributed by atoms with E-state index in [0.29, 0.717) is 12.1 Å². The van der Waals surface area contributed by atoms with E-state index in [1.54, 1.807) is 23.5 Å². The molecule has 0 saturated heterocycles. The number of nitrogens with two attached hydrogens (primary N) is 1. The quantitative estimate of drug-likeness (QED) is 0.895. The van der Waals surface area contributed by atoms with Crippen LogP contribution in [0.5, 0.6) is 0 Å². The number of hydrogen-bond donors (Lipinski definition) is 2. The Morgan fingerprint density at radius 3 is 2.71 bits per heavy atom. The Labute approximate surface area is 145 Å². The standard InChI is InChI=1S/C18H21N3O2S/c1-2-15-14-8-10-24-16(14)7-9-21(15)18(23)20-11-12-3-5-13(6-4-12)17(19)22/h3-6,8,10,15H,2,7,9,11H2,1H3,(H2,19,22)(H,20,23)/t15-/m1/s1. The Morgan fingerprint density at radius 1 is 1.29 bits per heavy atom. The van der Waals surface area contributed by atoms with Crippen LogP contribution in [0.15, 0.2) is 35.7 Å². The molecule has 0 radical (unpaired) electrons. The zero-order valence-corrected chi connectivity index (χ0v) is 14.4. The minimum atomic E-state index is -0.448. The number of rotatable bonds is 4. The maximum Gasteiger partial charge on any atom is 0.318 e. The van der Waals surface area contributed by atoms with Gasteiger partial charge in [-0.25, -0.2) is 4.79 Å². The van der Waals surface area contributed by atoms with E-state index in [-0.39, 0.29) is 12.1 Å². The minimum Gasteiger partial charge on any atom is -0.366 e. The van der Waals surface area contributed by atoms with Crippen molar-refractivity contribution >= 4 is 23.3 Å². The van der Waals surface area contributed by atoms with E-state index in [2.05, 4.69) is 23.7 Å². The van der Waals surface area contributed by atoms with Crippen molar-refractivity contribution in [2.24, 2.45) is 5.73 Å². The van der Waals surface area contributed by atoms with Gasteiger partial charge in [-0.1, -0.05) is 19.1 Å². The van der Waals surface area contributed by atoms with Gasteiger partial charge in [0, 0.05) is 23.5 Å². The minimum absolute atomic E-state index is 0.0438. The number of fused-ring (bicyclic) bond motifs is 1. The number of nitrogens with one attached hydrogen (secondary N) is 1. The average Bonchev–Trinajstić information content (AvgIpc) is 3.07. The SMILES string of the molecule is CC[C@@H]1c2ccsc2CCN1C(=O)NCc1ccc(C(N)=O)cc1. The number of thiophene rings is 1. The van der Waals surface area contributed by atoms with E-state index in [1.807, 2.05) is 17.0 Å². The molecule has 1 aromatic heterocycles. The molecule has 5 nitrogen and oxygen atoms in total. The Morgan fingerprint density at radius 2 is 2.04 bits per heavy atom. The third-order valence-corrected chi connectivity index (χ3v) is 5.42. The van der Waals surface area contributed by atoms with Gasteiger partial charge < -0.3 is 16.0 Å². The van der Waals surface area contributed by atoms with Gasteiger partial charge in [-0.2, -0.15) is 0 Å². The second kappa shape index (κ2) is 7.05. The van der Waals surface area contributed by atoms with Crippen LogP contribution in [-0.4, -0.2) is 23.4 Å². The number of amides is 3. The molecule has 2 heterocycles. The highest BCUT2D eigenvalue weighted by atomic mass is 32.1. The van der Waals surface area contributed by atoms with E-state index < -0.39 is 5.91 Å². The van der Waals surface area contributed by atoms with Gasteiger partial charge in [0.15, 0.2) is 0 Å². The number of benzene rings is 1. The third kappa shape index (κ3) is 3.28. The summed E-state index contributed by atoms with van der Waals surface area (Å²) < 4.78 is 0. The van der Waals surface area contributed by atoms with Crippen LogP contribution >= 0.6 is 11.3 Å². The fourth-order valence-corrected chi connectivity index (χ4v) is 4.07. The van der Waals surface area contributed by atoms with Crippen molar-refractivity contribution in [3.63, 3.8) is 0 Å². The van der Waals surface area contributed by atoms with Crippen LogP contribution in [-0.2, 0) is 13.0 Å². The molecule has 3 rings (SSSR count). The molecule has 0 fully saturated rings. The van der Waals surface area contributed by atoms with Gasteiger partial charge in [-0.05, 0) is 47.5 Å². The van der Waals surface area contributed by atoms with E-state index >= 15 is 0 Å². The van der Waals surface area contributed by atoms with Crippen LogP contribution in [0.4, 0.5) is 4.79 Å². The zero-order chi connectivity index (χ0) is 17.1. The van der Waals surface area contributed by atoms with E-state index in [9.17, 15) is 9.59 Å². The van der Waals surface area contributed by atoms with Crippen molar-refractivity contribution in [3.05, 3.63) is 57.3 Å². The first-order valence-corrected chi connectivity index (χ1v) is 8.97. The van der Waals surface area contributed by atoms with Crippen LogP contribution in [0.2, 0.25) is 0 Å². The van der Waals surface area contributed by atoms with Crippen LogP contribution in [0.25, 0.3) is 0 Å². The fourth-order valence-electron chi connectivity index (χ4n) is 3.15. The maximum atomic E-state index is 12.6. The largest absolute Gasteiger partial charge is 0.366 e. The number of primary amides is 1. The molecule has 126 valence electrons. The van der Waals surface area contributed by atoms with E-state index in [4.69, 9.17) is 5.73 Å². The van der Waals surface area contributed by atoms with Gasteiger partial charge >= 0.3 is 6.03 Å². The summed E-state index contributed by atoms with van der Waals surface area (Å²) in [5.74, 6) is -0.448. The molecule has 0 spiro atoms. The monoisotopic (exact) mass is 343 g/mol. The van der Waals surface area contributed by atoms with E-state index in [1.165, 1.54) is 10.4 Å². The number of urea groups is 1. The predicted molar refractivity (Wildman–Crippen MR) is 95.0 cm³/mol. The molecular weight excluding hydrogens is 322 g/mol. The first-order chi connectivity index (χ1) is 11.6. The summed E-state index contributed by atoms with van der Waals surface area (Å²) >= 11 is 1.78. The Kier molecular flexibility index (Phi) is 4.85. The van der Waals surface area contributed by atoms with Crippen molar-refractivity contribution in [3.8, 4) is 0 Å². The lowest BCUT2D eigenvalue weighted by atomic mass is 9.98. The highest BCUT2D eigenvalue weighted by molar-refractivity contribution is 7.10. The van der Waals surface area contributed by atoms with Gasteiger partial charge in [-0.3, -0.25) is 4.79 Å². The molecule has 1 atom stereocenters. The maximum absolute atomic E-state index is 12.6. The zero-order valence-electron chi connectivity index (χ0n) is 13.6. The lowest BCUT2D eigenvalue weighted by Gasteiger charge is -2.35. The highest BCUT2D eigenvalue weighted by Gasteiger charge is 2.30. The Bertz CT molecular complexity index is 739. The molecule has 0 bridgehead atoms. The summed E-state index contributed by atoms with van der Waals surface area (Å²) in [6.07, 6.45) is 1.83. The first kappa shape index (κ1) is 16.5. The summed E-state index contributed by atoms with van der Waals surface area (Å²) in [7, 11) is 0. The van der Waals surface area contributed by atoms with Gasteiger partial charge in [0.25, 0.3) is 0 Å². The van der Waals surface area contributed by atoms with Crippen LogP contribution in [0, 0.1) is 0 Å². The first-order valence-electron chi connectivity index (χ1n) is 8.09. The average molecular weight is 343 g/mol. The lowest BCUT2D eigenvalue weighted by Crippen LogP contribution is -2.44. The van der Waals surface area contributed by atoms with Crippen LogP contribution in [0.3, 0.4) is 0 Å². The second-order valence-electron chi connectivity index (χ2n) is 5.89. The number of nitrogens with zero attached hydrogens (tertiary/aromatic N) is 1. The van der Waals surface area contributed by atoms with Gasteiger partial charge in [0.05, 0.1) is 6.04 Å². The van der Waals surface area contributed by atoms with Gasteiger partial charge in [0.2, 0.25) is 5.91 Å². The van der Waals surface area contributed by atoms with Crippen LogP contribution in [0.1, 0.15) is 45.7 Å². The van der Waals surface area contributed by atoms with Crippen molar-refractivity contribution in [1.29, 1.82) is 0 Å². The Hall–Kier alpha value is -2.34. The Balaban J connectivity index is 1.63. The summed E-state index contributed by atoms with van der Waals surface area (Å²) in [5, 5.41) is 5.09. The summed E-state index contributed by atoms with van der Waals surface area (Å²) in [4.78, 5) is 27.0. The number of carbonyl (C=O) groups excluding carboxylic acids is 2. The molecular formula is C18H21N3O2S. The molecule has 3 N–H and O–H groups in total. The molecule has 0 saturated carbocycles. The molecule has 1 aliphatic heterocycles. The van der Waals surface area contributed by atoms with Crippen molar-refractivity contribution in [1.82, 2.24) is 10.2 Å². The molecule has 6 heteroatoms. The van der Waals surface area contributed by atoms with Gasteiger partial charge in [0.1, 0.15) is 0 Å². The highest BCUT2D eigenvalue weighted by Crippen LogP contribution is 2.35. The smallest absolute Gasteiger partial charge is 0.318 e. The molecule has 2 aromatic rings. The molecule has 24 heavy (non-hydrogen) atoms. The number of carbonyl (C=O) groups is 2. The third-order valence-electron chi connectivity index (χ3n) is 4.42. The molecule has 0 aliphatic carbocycles. The molecule has 1 aliphatic rings. The predicted octanol–water partition coefficient (Wildman–Crippen LogP) is 3.07. The summed E-state index contributed by atoms with van der Waals surface area (Å²) in [5.41, 5.74) is 7.93. The lowest BCUT2D eigenvalue weighted by molar-refractivity contribution is 0.1000. The molecule has 0 unspecified atom stereocenters. The molecule has 3 amide bonds. The van der Waals surface area contributed by atoms with Crippen molar-refractivity contribution < 1.29 is 9.59 Å². The van der Waals surface area contributed by atoms with E-state index in [0.717, 1.165) is 24.9 Å². The van der Waals surface area contributed by atoms with Gasteiger partial charge in [-0.15, -0.1) is 11.3 Å². The topological polar surface area (TPSA) is 75.4 Å². The summed E-state index contributed by atoms with van der Waals surface area (Å²) in [6.45, 7) is 3.29. The van der Waals surface area contributed by atoms with Crippen LogP contribution < -0.4 is 11.1 Å². The number of hydrogen-bond acceptors (Lipinski definition) is 3. The molecule has 1 aromatic carbocycles. The normalized spacial score (nSPS) is 16.5. The van der Waals surface area contributed by atoms with Crippen molar-refractivity contribution in [2.45, 2.75) is 32.4 Å². The van der Waals surface area contributed by atoms with Crippen molar-refractivity contribution in [2.75, 3.05) is 6.54 Å².